The van der Waals surface area contributed by atoms with Crippen molar-refractivity contribution in [3.63, 3.8) is 0 Å². The number of halogens is 1. The van der Waals surface area contributed by atoms with Gasteiger partial charge in [0, 0.05) is 39.4 Å². The molecule has 3 rings (SSSR count). The molecule has 29 heavy (non-hydrogen) atoms. The second-order valence-electron chi connectivity index (χ2n) is 7.37. The number of nitrogens with one attached hydrogen (secondary N) is 2. The molecule has 1 fully saturated rings. The fourth-order valence-corrected chi connectivity index (χ4v) is 3.56. The minimum atomic E-state index is 0. The number of pyridine rings is 1. The van der Waals surface area contributed by atoms with Crippen molar-refractivity contribution in [3.05, 3.63) is 59.8 Å². The second kappa shape index (κ2) is 13.4. The van der Waals surface area contributed by atoms with Crippen molar-refractivity contribution in [2.75, 3.05) is 31.6 Å². The van der Waals surface area contributed by atoms with Crippen LogP contribution < -0.4 is 15.5 Å². The summed E-state index contributed by atoms with van der Waals surface area (Å²) in [6.07, 6.45) is 9.37. The smallest absolute Gasteiger partial charge is 0.191 e. The molecule has 2 N–H and O–H groups in total. The number of anilines is 1. The van der Waals surface area contributed by atoms with Gasteiger partial charge in [-0.25, -0.2) is 4.98 Å². The van der Waals surface area contributed by atoms with E-state index in [2.05, 4.69) is 68.0 Å². The summed E-state index contributed by atoms with van der Waals surface area (Å²) in [6, 6.07) is 14.9. The van der Waals surface area contributed by atoms with Crippen LogP contribution >= 0.6 is 24.0 Å². The zero-order valence-electron chi connectivity index (χ0n) is 17.4. The van der Waals surface area contributed by atoms with Crippen LogP contribution in [0.25, 0.3) is 0 Å². The van der Waals surface area contributed by atoms with Crippen LogP contribution in [0.5, 0.6) is 0 Å². The Kier molecular flexibility index (Phi) is 10.8. The van der Waals surface area contributed by atoms with Crippen LogP contribution in [0.1, 0.15) is 43.2 Å². The molecule has 158 valence electrons. The van der Waals surface area contributed by atoms with E-state index in [0.717, 1.165) is 50.8 Å². The van der Waals surface area contributed by atoms with Crippen LogP contribution in [-0.2, 0) is 13.0 Å². The summed E-state index contributed by atoms with van der Waals surface area (Å²) in [5.41, 5.74) is 2.55. The van der Waals surface area contributed by atoms with E-state index in [4.69, 9.17) is 0 Å². The third-order valence-electron chi connectivity index (χ3n) is 5.20. The molecule has 0 aliphatic carbocycles. The molecule has 1 aromatic carbocycles. The summed E-state index contributed by atoms with van der Waals surface area (Å²) in [4.78, 5) is 11.4. The van der Waals surface area contributed by atoms with Crippen molar-refractivity contribution in [1.82, 2.24) is 15.6 Å². The zero-order valence-corrected chi connectivity index (χ0v) is 19.8. The number of guanidine groups is 1. The Balaban J connectivity index is 0.00000300. The maximum absolute atomic E-state index is 4.68. The molecule has 1 aromatic heterocycles. The molecule has 0 saturated carbocycles. The molecule has 0 unspecified atom stereocenters. The predicted molar refractivity (Wildman–Crippen MR) is 133 cm³/mol. The molecule has 5 nitrogen and oxygen atoms in total. The Hall–Kier alpha value is -1.83. The average molecular weight is 507 g/mol. The van der Waals surface area contributed by atoms with E-state index in [1.54, 1.807) is 0 Å². The third kappa shape index (κ3) is 8.20. The Morgan fingerprint density at radius 3 is 2.38 bits per heavy atom. The summed E-state index contributed by atoms with van der Waals surface area (Å²) < 4.78 is 0. The maximum atomic E-state index is 4.68. The largest absolute Gasteiger partial charge is 0.357 e. The zero-order chi connectivity index (χ0) is 19.4. The highest BCUT2D eigenvalue weighted by molar-refractivity contribution is 14.0. The SMILES string of the molecule is CN=C(NCCCc1ccccc1)NCc1ccc(N2CCCCCC2)nc1.I. The van der Waals surface area contributed by atoms with Gasteiger partial charge in [-0.3, -0.25) is 4.99 Å². The Morgan fingerprint density at radius 2 is 1.72 bits per heavy atom. The van der Waals surface area contributed by atoms with Crippen molar-refractivity contribution in [1.29, 1.82) is 0 Å². The van der Waals surface area contributed by atoms with Crippen LogP contribution in [0.15, 0.2) is 53.7 Å². The first-order chi connectivity index (χ1) is 13.8. The fraction of sp³-hybridized carbons (Fsp3) is 0.478. The predicted octanol–water partition coefficient (Wildman–Crippen LogP) is 4.38. The number of rotatable bonds is 7. The van der Waals surface area contributed by atoms with E-state index in [0.29, 0.717) is 0 Å². The topological polar surface area (TPSA) is 52.6 Å². The molecule has 1 aliphatic rings. The standard InChI is InChI=1S/C23H33N5.HI/c1-24-23(25-15-9-12-20-10-5-4-6-11-20)27-19-21-13-14-22(26-18-21)28-16-7-2-3-8-17-28;/h4-6,10-11,13-14,18H,2-3,7-9,12,15-17,19H2,1H3,(H2,24,25,27);1H. The summed E-state index contributed by atoms with van der Waals surface area (Å²) >= 11 is 0. The molecule has 0 amide bonds. The molecule has 0 spiro atoms. The molecule has 1 saturated heterocycles. The van der Waals surface area contributed by atoms with E-state index in [1.165, 1.54) is 36.8 Å². The molecule has 2 aromatic rings. The third-order valence-corrected chi connectivity index (χ3v) is 5.20. The van der Waals surface area contributed by atoms with Crippen molar-refractivity contribution >= 4 is 35.8 Å². The van der Waals surface area contributed by atoms with E-state index in [9.17, 15) is 0 Å². The number of benzene rings is 1. The number of aliphatic imine (C=N–C) groups is 1. The number of hydrogen-bond acceptors (Lipinski definition) is 3. The van der Waals surface area contributed by atoms with Gasteiger partial charge in [0.05, 0.1) is 0 Å². The van der Waals surface area contributed by atoms with E-state index >= 15 is 0 Å². The Labute approximate surface area is 192 Å². The van der Waals surface area contributed by atoms with Gasteiger partial charge in [-0.15, -0.1) is 24.0 Å². The highest BCUT2D eigenvalue weighted by atomic mass is 127. The fourth-order valence-electron chi connectivity index (χ4n) is 3.56. The highest BCUT2D eigenvalue weighted by Gasteiger charge is 2.10. The second-order valence-corrected chi connectivity index (χ2v) is 7.37. The maximum Gasteiger partial charge on any atom is 0.191 e. The molecule has 6 heteroatoms. The van der Waals surface area contributed by atoms with E-state index < -0.39 is 0 Å². The van der Waals surface area contributed by atoms with E-state index in [1.807, 2.05) is 13.2 Å². The van der Waals surface area contributed by atoms with Crippen molar-refractivity contribution in [2.24, 2.45) is 4.99 Å². The van der Waals surface area contributed by atoms with Gasteiger partial charge in [-0.2, -0.15) is 0 Å². The van der Waals surface area contributed by atoms with Crippen LogP contribution in [0, 0.1) is 0 Å². The molecule has 0 bridgehead atoms. The van der Waals surface area contributed by atoms with Gasteiger partial charge in [0.1, 0.15) is 5.82 Å². The van der Waals surface area contributed by atoms with Crippen LogP contribution in [0.3, 0.4) is 0 Å². The van der Waals surface area contributed by atoms with Crippen molar-refractivity contribution < 1.29 is 0 Å². The van der Waals surface area contributed by atoms with Crippen molar-refractivity contribution in [2.45, 2.75) is 45.1 Å². The lowest BCUT2D eigenvalue weighted by Gasteiger charge is -2.21. The van der Waals surface area contributed by atoms with Gasteiger partial charge in [0.25, 0.3) is 0 Å². The first-order valence-corrected chi connectivity index (χ1v) is 10.5. The van der Waals surface area contributed by atoms with Crippen LogP contribution in [0.4, 0.5) is 5.82 Å². The minimum Gasteiger partial charge on any atom is -0.357 e. The van der Waals surface area contributed by atoms with Gasteiger partial charge >= 0.3 is 0 Å². The number of hydrogen-bond donors (Lipinski definition) is 2. The van der Waals surface area contributed by atoms with Crippen LogP contribution in [-0.4, -0.2) is 37.6 Å². The molecule has 2 heterocycles. The Bertz CT molecular complexity index is 710. The number of nitrogens with zero attached hydrogens (tertiary/aromatic N) is 3. The summed E-state index contributed by atoms with van der Waals surface area (Å²) in [6.45, 7) is 3.89. The van der Waals surface area contributed by atoms with Gasteiger partial charge < -0.3 is 15.5 Å². The molecular weight excluding hydrogens is 473 g/mol. The summed E-state index contributed by atoms with van der Waals surface area (Å²) in [5.74, 6) is 1.94. The molecular formula is C23H34IN5. The van der Waals surface area contributed by atoms with E-state index in [-0.39, 0.29) is 24.0 Å². The van der Waals surface area contributed by atoms with Crippen molar-refractivity contribution in [3.8, 4) is 0 Å². The lowest BCUT2D eigenvalue weighted by molar-refractivity contribution is 0.726. The number of aromatic nitrogens is 1. The lowest BCUT2D eigenvalue weighted by Crippen LogP contribution is -2.37. The summed E-state index contributed by atoms with van der Waals surface area (Å²) in [7, 11) is 1.81. The quantitative estimate of drug-likeness (QED) is 0.253. The highest BCUT2D eigenvalue weighted by Crippen LogP contribution is 2.17. The van der Waals surface area contributed by atoms with Gasteiger partial charge in [0.2, 0.25) is 0 Å². The lowest BCUT2D eigenvalue weighted by atomic mass is 10.1. The number of aryl methyl sites for hydroxylation is 1. The van der Waals surface area contributed by atoms with Gasteiger partial charge in [-0.05, 0) is 42.9 Å². The van der Waals surface area contributed by atoms with Gasteiger partial charge in [-0.1, -0.05) is 49.2 Å². The molecule has 0 radical (unpaired) electrons. The van der Waals surface area contributed by atoms with Gasteiger partial charge in [0.15, 0.2) is 5.96 Å². The normalized spacial score (nSPS) is 14.7. The first kappa shape index (κ1) is 23.4. The average Bonchev–Trinajstić information content (AvgIpc) is 3.04. The minimum absolute atomic E-state index is 0. The van der Waals surface area contributed by atoms with Crippen LogP contribution in [0.2, 0.25) is 0 Å². The monoisotopic (exact) mass is 507 g/mol. The first-order valence-electron chi connectivity index (χ1n) is 10.5. The summed E-state index contributed by atoms with van der Waals surface area (Å²) in [5, 5.41) is 6.77. The Morgan fingerprint density at radius 1 is 0.966 bits per heavy atom. The molecule has 1 aliphatic heterocycles. The molecule has 0 atom stereocenters.